The Bertz CT molecular complexity index is 1190. The predicted molar refractivity (Wildman–Crippen MR) is 128 cm³/mol. The van der Waals surface area contributed by atoms with Crippen molar-refractivity contribution in [1.29, 1.82) is 0 Å². The minimum absolute atomic E-state index is 0.661. The molecule has 0 bridgehead atoms. The minimum Gasteiger partial charge on any atom is -0.493 e. The zero-order chi connectivity index (χ0) is 22.5. The number of methoxy groups -OCH3 is 2. The molecular weight excluding hydrogens is 400 g/mol. The standard InChI is InChI=1S/C27H30N2O3/c1-19-9-7-10-20(2)27(19)32-16-8-15-29-23-12-6-5-11-22(23)28-26(29)18-21-13-14-24(30-3)25(17-21)31-4/h5-7,9-14,17H,8,15-16,18H2,1-4H3. The number of para-hydroxylation sites is 3. The first-order chi connectivity index (χ1) is 15.6. The van der Waals surface area contributed by atoms with Crippen LogP contribution >= 0.6 is 0 Å². The summed E-state index contributed by atoms with van der Waals surface area (Å²) >= 11 is 0. The van der Waals surface area contributed by atoms with Crippen molar-refractivity contribution in [3.05, 3.63) is 83.2 Å². The fourth-order valence-electron chi connectivity index (χ4n) is 4.11. The van der Waals surface area contributed by atoms with Gasteiger partial charge < -0.3 is 18.8 Å². The second-order valence-corrected chi connectivity index (χ2v) is 7.96. The van der Waals surface area contributed by atoms with Gasteiger partial charge in [0, 0.05) is 13.0 Å². The molecule has 5 heteroatoms. The van der Waals surface area contributed by atoms with Gasteiger partial charge in [-0.25, -0.2) is 4.98 Å². The fraction of sp³-hybridized carbons (Fsp3) is 0.296. The lowest BCUT2D eigenvalue weighted by molar-refractivity contribution is 0.298. The van der Waals surface area contributed by atoms with E-state index in [4.69, 9.17) is 19.2 Å². The molecule has 4 aromatic rings. The van der Waals surface area contributed by atoms with Crippen molar-refractivity contribution in [3.8, 4) is 17.2 Å². The number of nitrogens with zero attached hydrogens (tertiary/aromatic N) is 2. The van der Waals surface area contributed by atoms with Gasteiger partial charge in [0.1, 0.15) is 11.6 Å². The maximum absolute atomic E-state index is 6.13. The summed E-state index contributed by atoms with van der Waals surface area (Å²) < 4.78 is 19.3. The summed E-state index contributed by atoms with van der Waals surface area (Å²) in [5.74, 6) is 3.49. The van der Waals surface area contributed by atoms with Gasteiger partial charge in [0.2, 0.25) is 0 Å². The van der Waals surface area contributed by atoms with Crippen LogP contribution in [0, 0.1) is 13.8 Å². The van der Waals surface area contributed by atoms with Gasteiger partial charge in [0.05, 0.1) is 31.9 Å². The van der Waals surface area contributed by atoms with E-state index >= 15 is 0 Å². The number of benzene rings is 3. The van der Waals surface area contributed by atoms with E-state index in [-0.39, 0.29) is 0 Å². The molecule has 0 aliphatic rings. The summed E-state index contributed by atoms with van der Waals surface area (Å²) in [6.07, 6.45) is 1.61. The highest BCUT2D eigenvalue weighted by molar-refractivity contribution is 5.76. The van der Waals surface area contributed by atoms with Crippen molar-refractivity contribution in [3.63, 3.8) is 0 Å². The van der Waals surface area contributed by atoms with Crippen molar-refractivity contribution in [1.82, 2.24) is 9.55 Å². The molecule has 1 heterocycles. The summed E-state index contributed by atoms with van der Waals surface area (Å²) in [6, 6.07) is 20.6. The van der Waals surface area contributed by atoms with Crippen LogP contribution in [0.1, 0.15) is 28.9 Å². The molecule has 0 amide bonds. The quantitative estimate of drug-likeness (QED) is 0.318. The lowest BCUT2D eigenvalue weighted by Crippen LogP contribution is -2.09. The number of hydrogen-bond acceptors (Lipinski definition) is 4. The minimum atomic E-state index is 0.661. The normalized spacial score (nSPS) is 11.0. The van der Waals surface area contributed by atoms with Crippen LogP contribution in [0.5, 0.6) is 17.2 Å². The molecule has 0 aliphatic carbocycles. The van der Waals surface area contributed by atoms with Gasteiger partial charge >= 0.3 is 0 Å². The maximum atomic E-state index is 6.13. The first kappa shape index (κ1) is 21.8. The Morgan fingerprint density at radius 3 is 2.34 bits per heavy atom. The first-order valence-corrected chi connectivity index (χ1v) is 10.9. The number of aryl methyl sites for hydroxylation is 3. The Labute approximate surface area is 189 Å². The highest BCUT2D eigenvalue weighted by atomic mass is 16.5. The largest absolute Gasteiger partial charge is 0.493 e. The van der Waals surface area contributed by atoms with Crippen LogP contribution < -0.4 is 14.2 Å². The first-order valence-electron chi connectivity index (χ1n) is 10.9. The van der Waals surface area contributed by atoms with Crippen molar-refractivity contribution < 1.29 is 14.2 Å². The number of ether oxygens (including phenoxy) is 3. The third-order valence-electron chi connectivity index (χ3n) is 5.73. The molecule has 1 aromatic heterocycles. The van der Waals surface area contributed by atoms with Gasteiger partial charge in [-0.1, -0.05) is 36.4 Å². The van der Waals surface area contributed by atoms with Gasteiger partial charge in [-0.2, -0.15) is 0 Å². The predicted octanol–water partition coefficient (Wildman–Crippen LogP) is 5.73. The van der Waals surface area contributed by atoms with E-state index in [1.165, 1.54) is 11.1 Å². The molecule has 0 saturated heterocycles. The smallest absolute Gasteiger partial charge is 0.161 e. The molecule has 0 N–H and O–H groups in total. The van der Waals surface area contributed by atoms with Crippen LogP contribution in [0.15, 0.2) is 60.7 Å². The Morgan fingerprint density at radius 1 is 0.844 bits per heavy atom. The molecule has 166 valence electrons. The molecule has 0 radical (unpaired) electrons. The number of imidazole rings is 1. The lowest BCUT2D eigenvalue weighted by Gasteiger charge is -2.14. The van der Waals surface area contributed by atoms with E-state index in [1.807, 2.05) is 18.2 Å². The van der Waals surface area contributed by atoms with Gasteiger partial charge in [0.15, 0.2) is 11.5 Å². The Morgan fingerprint density at radius 2 is 1.59 bits per heavy atom. The Kier molecular flexibility index (Phi) is 6.64. The topological polar surface area (TPSA) is 45.5 Å². The van der Waals surface area contributed by atoms with Crippen molar-refractivity contribution >= 4 is 11.0 Å². The van der Waals surface area contributed by atoms with Crippen LogP contribution in [0.25, 0.3) is 11.0 Å². The van der Waals surface area contributed by atoms with Crippen LogP contribution in [-0.2, 0) is 13.0 Å². The average Bonchev–Trinajstić information content (AvgIpc) is 3.15. The van der Waals surface area contributed by atoms with Crippen LogP contribution in [0.2, 0.25) is 0 Å². The SMILES string of the molecule is COc1ccc(Cc2nc3ccccc3n2CCCOc2c(C)cccc2C)cc1OC. The molecule has 3 aromatic carbocycles. The Hall–Kier alpha value is -3.47. The van der Waals surface area contributed by atoms with E-state index in [9.17, 15) is 0 Å². The average molecular weight is 431 g/mol. The van der Waals surface area contributed by atoms with E-state index in [2.05, 4.69) is 60.9 Å². The van der Waals surface area contributed by atoms with Gasteiger partial charge in [-0.3, -0.25) is 0 Å². The van der Waals surface area contributed by atoms with Gasteiger partial charge in [0.25, 0.3) is 0 Å². The molecule has 5 nitrogen and oxygen atoms in total. The second kappa shape index (κ2) is 9.77. The number of rotatable bonds is 9. The molecule has 0 aliphatic heterocycles. The van der Waals surface area contributed by atoms with Crippen molar-refractivity contribution in [2.45, 2.75) is 33.2 Å². The van der Waals surface area contributed by atoms with Crippen LogP contribution in [-0.4, -0.2) is 30.4 Å². The van der Waals surface area contributed by atoms with Gasteiger partial charge in [-0.15, -0.1) is 0 Å². The maximum Gasteiger partial charge on any atom is 0.161 e. The van der Waals surface area contributed by atoms with Crippen LogP contribution in [0.4, 0.5) is 0 Å². The summed E-state index contributed by atoms with van der Waals surface area (Å²) in [4.78, 5) is 4.92. The summed E-state index contributed by atoms with van der Waals surface area (Å²) in [5, 5.41) is 0. The summed E-state index contributed by atoms with van der Waals surface area (Å²) in [6.45, 7) is 5.68. The third kappa shape index (κ3) is 4.57. The number of aromatic nitrogens is 2. The van der Waals surface area contributed by atoms with Crippen LogP contribution in [0.3, 0.4) is 0 Å². The summed E-state index contributed by atoms with van der Waals surface area (Å²) in [5.41, 5.74) is 5.64. The Balaban J connectivity index is 1.53. The molecule has 0 saturated carbocycles. The third-order valence-corrected chi connectivity index (χ3v) is 5.73. The summed E-state index contributed by atoms with van der Waals surface area (Å²) in [7, 11) is 3.31. The molecule has 32 heavy (non-hydrogen) atoms. The molecule has 4 rings (SSSR count). The molecular formula is C27H30N2O3. The lowest BCUT2D eigenvalue weighted by atomic mass is 10.1. The van der Waals surface area contributed by atoms with E-state index < -0.39 is 0 Å². The van der Waals surface area contributed by atoms with Gasteiger partial charge in [-0.05, 0) is 61.2 Å². The number of fused-ring (bicyclic) bond motifs is 1. The fourth-order valence-corrected chi connectivity index (χ4v) is 4.11. The van der Waals surface area contributed by atoms with Crippen molar-refractivity contribution in [2.75, 3.05) is 20.8 Å². The van der Waals surface area contributed by atoms with E-state index in [1.54, 1.807) is 14.2 Å². The highest BCUT2D eigenvalue weighted by Crippen LogP contribution is 2.29. The highest BCUT2D eigenvalue weighted by Gasteiger charge is 2.13. The molecule has 0 spiro atoms. The monoisotopic (exact) mass is 430 g/mol. The number of hydrogen-bond donors (Lipinski definition) is 0. The zero-order valence-electron chi connectivity index (χ0n) is 19.2. The zero-order valence-corrected chi connectivity index (χ0v) is 19.2. The van der Waals surface area contributed by atoms with E-state index in [0.29, 0.717) is 13.0 Å². The second-order valence-electron chi connectivity index (χ2n) is 7.96. The molecule has 0 unspecified atom stereocenters. The molecule has 0 fully saturated rings. The van der Waals surface area contributed by atoms with Crippen molar-refractivity contribution in [2.24, 2.45) is 0 Å². The molecule has 0 atom stereocenters. The van der Waals surface area contributed by atoms with E-state index in [0.717, 1.165) is 52.6 Å².